The molecule has 4 nitrogen and oxygen atoms in total. The van der Waals surface area contributed by atoms with Crippen LogP contribution in [0.25, 0.3) is 0 Å². The number of nitrogens with two attached hydrogens (primary N) is 1. The lowest BCUT2D eigenvalue weighted by atomic mass is 10.1. The molecule has 0 radical (unpaired) electrons. The Morgan fingerprint density at radius 1 is 1.47 bits per heavy atom. The highest BCUT2D eigenvalue weighted by Crippen LogP contribution is 2.11. The van der Waals surface area contributed by atoms with Crippen LogP contribution in [0.3, 0.4) is 0 Å². The largest absolute Gasteiger partial charge is 0.459 e. The summed E-state index contributed by atoms with van der Waals surface area (Å²) in [4.78, 5) is 10.8. The minimum atomic E-state index is -0.652. The number of anilines is 1. The molecule has 2 N–H and O–H groups in total. The summed E-state index contributed by atoms with van der Waals surface area (Å²) in [6, 6.07) is 6.64. The third kappa shape index (κ3) is 2.75. The fourth-order valence-corrected chi connectivity index (χ4v) is 0.932. The number of nitrogens with zero attached hydrogens (tertiary/aromatic N) is 1. The van der Waals surface area contributed by atoms with Crippen molar-refractivity contribution in [2.75, 3.05) is 12.8 Å². The molecule has 4 heteroatoms. The molecule has 1 aromatic rings. The average Bonchev–Trinajstić information content (AvgIpc) is 2.26. The lowest BCUT2D eigenvalue weighted by Gasteiger charge is -1.96. The molecule has 0 unspecified atom stereocenters. The number of esters is 1. The van der Waals surface area contributed by atoms with Crippen molar-refractivity contribution in [1.29, 1.82) is 5.26 Å². The Bertz CT molecular complexity index is 490. The van der Waals surface area contributed by atoms with E-state index in [2.05, 4.69) is 16.6 Å². The van der Waals surface area contributed by atoms with Gasteiger partial charge in [0.15, 0.2) is 0 Å². The SMILES string of the molecule is COC(=O)C#Cc1cc(N)ccc1C#N. The second kappa shape index (κ2) is 4.69. The average molecular weight is 200 g/mol. The van der Waals surface area contributed by atoms with Gasteiger partial charge >= 0.3 is 5.97 Å². The lowest BCUT2D eigenvalue weighted by Crippen LogP contribution is -1.95. The molecule has 15 heavy (non-hydrogen) atoms. The zero-order chi connectivity index (χ0) is 11.3. The van der Waals surface area contributed by atoms with Gasteiger partial charge in [-0.05, 0) is 18.2 Å². The topological polar surface area (TPSA) is 76.1 Å². The fourth-order valence-electron chi connectivity index (χ4n) is 0.932. The summed E-state index contributed by atoms with van der Waals surface area (Å²) in [5.74, 6) is 4.11. The van der Waals surface area contributed by atoms with E-state index in [1.54, 1.807) is 12.1 Å². The van der Waals surface area contributed by atoms with E-state index in [1.165, 1.54) is 13.2 Å². The van der Waals surface area contributed by atoms with Crippen molar-refractivity contribution in [2.24, 2.45) is 0 Å². The molecule has 0 fully saturated rings. The number of hydrogen-bond donors (Lipinski definition) is 1. The minimum absolute atomic E-state index is 0.376. The van der Waals surface area contributed by atoms with Gasteiger partial charge in [-0.25, -0.2) is 4.79 Å². The molecule has 0 aromatic heterocycles. The molecule has 1 aromatic carbocycles. The van der Waals surface area contributed by atoms with Crippen molar-refractivity contribution in [3.8, 4) is 17.9 Å². The van der Waals surface area contributed by atoms with Crippen LogP contribution >= 0.6 is 0 Å². The Kier molecular flexibility index (Phi) is 3.32. The Morgan fingerprint density at radius 3 is 2.80 bits per heavy atom. The normalized spacial score (nSPS) is 8.27. The first kappa shape index (κ1) is 10.6. The Hall–Kier alpha value is -2.46. The van der Waals surface area contributed by atoms with Crippen molar-refractivity contribution in [1.82, 2.24) is 0 Å². The Labute approximate surface area is 87.3 Å². The molecule has 0 aliphatic rings. The van der Waals surface area contributed by atoms with Crippen LogP contribution in [0.1, 0.15) is 11.1 Å². The third-order valence-corrected chi connectivity index (χ3v) is 1.65. The summed E-state index contributed by atoms with van der Waals surface area (Å²) in [6.45, 7) is 0. The van der Waals surface area contributed by atoms with Crippen molar-refractivity contribution in [2.45, 2.75) is 0 Å². The van der Waals surface area contributed by atoms with E-state index in [4.69, 9.17) is 11.0 Å². The summed E-state index contributed by atoms with van der Waals surface area (Å²) in [5.41, 5.74) is 6.81. The van der Waals surface area contributed by atoms with Gasteiger partial charge < -0.3 is 10.5 Å². The number of nitriles is 1. The fraction of sp³-hybridized carbons (Fsp3) is 0.0909. The highest BCUT2D eigenvalue weighted by atomic mass is 16.5. The van der Waals surface area contributed by atoms with Crippen LogP contribution in [0.4, 0.5) is 5.69 Å². The molecule has 74 valence electrons. The maximum Gasteiger partial charge on any atom is 0.384 e. The van der Waals surface area contributed by atoms with E-state index in [-0.39, 0.29) is 0 Å². The van der Waals surface area contributed by atoms with E-state index in [0.29, 0.717) is 16.8 Å². The van der Waals surface area contributed by atoms with Gasteiger partial charge in [0.1, 0.15) is 6.07 Å². The predicted octanol–water partition coefficient (Wildman–Crippen LogP) is 0.665. The molecule has 0 heterocycles. The van der Waals surface area contributed by atoms with Crippen molar-refractivity contribution >= 4 is 11.7 Å². The zero-order valence-corrected chi connectivity index (χ0v) is 8.07. The second-order valence-electron chi connectivity index (χ2n) is 2.66. The molecule has 1 rings (SSSR count). The second-order valence-corrected chi connectivity index (χ2v) is 2.66. The number of nitrogen functional groups attached to an aromatic ring is 1. The van der Waals surface area contributed by atoms with E-state index in [0.717, 1.165) is 0 Å². The molecular formula is C11H8N2O2. The summed E-state index contributed by atoms with van der Waals surface area (Å²) in [6.07, 6.45) is 0. The van der Waals surface area contributed by atoms with E-state index < -0.39 is 5.97 Å². The molecule has 0 atom stereocenters. The van der Waals surface area contributed by atoms with E-state index in [9.17, 15) is 4.79 Å². The quantitative estimate of drug-likeness (QED) is 0.379. The van der Waals surface area contributed by atoms with E-state index in [1.807, 2.05) is 6.07 Å². The van der Waals surface area contributed by atoms with Crippen LogP contribution in [0.5, 0.6) is 0 Å². The molecule has 0 bridgehead atoms. The monoisotopic (exact) mass is 200 g/mol. The van der Waals surface area contributed by atoms with Gasteiger partial charge in [-0.1, -0.05) is 5.92 Å². The van der Waals surface area contributed by atoms with Gasteiger partial charge in [0, 0.05) is 17.2 Å². The van der Waals surface area contributed by atoms with Crippen LogP contribution < -0.4 is 5.73 Å². The Morgan fingerprint density at radius 2 is 2.20 bits per heavy atom. The maximum absolute atomic E-state index is 10.8. The standard InChI is InChI=1S/C11H8N2O2/c1-15-11(14)5-3-8-6-10(13)4-2-9(8)7-12/h2,4,6H,13H2,1H3. The third-order valence-electron chi connectivity index (χ3n) is 1.65. The molecule has 0 saturated heterocycles. The van der Waals surface area contributed by atoms with Crippen LogP contribution in [0.2, 0.25) is 0 Å². The van der Waals surface area contributed by atoms with Gasteiger partial charge in [-0.2, -0.15) is 5.26 Å². The predicted molar refractivity (Wildman–Crippen MR) is 54.5 cm³/mol. The number of hydrogen-bond acceptors (Lipinski definition) is 4. The number of rotatable bonds is 0. The Balaban J connectivity index is 3.12. The summed E-state index contributed by atoms with van der Waals surface area (Å²) < 4.78 is 4.35. The van der Waals surface area contributed by atoms with Crippen LogP contribution in [0.15, 0.2) is 18.2 Å². The van der Waals surface area contributed by atoms with Gasteiger partial charge in [-0.15, -0.1) is 0 Å². The first-order chi connectivity index (χ1) is 7.17. The number of carbonyl (C=O) groups excluding carboxylic acids is 1. The molecular weight excluding hydrogens is 192 g/mol. The number of ether oxygens (including phenoxy) is 1. The molecule has 0 aliphatic carbocycles. The molecule has 0 aliphatic heterocycles. The zero-order valence-electron chi connectivity index (χ0n) is 8.07. The first-order valence-corrected chi connectivity index (χ1v) is 4.07. The molecule has 0 saturated carbocycles. The highest BCUT2D eigenvalue weighted by molar-refractivity contribution is 5.89. The van der Waals surface area contributed by atoms with Crippen molar-refractivity contribution in [3.63, 3.8) is 0 Å². The highest BCUT2D eigenvalue weighted by Gasteiger charge is 1.99. The summed E-state index contributed by atoms with van der Waals surface area (Å²) in [7, 11) is 1.24. The van der Waals surface area contributed by atoms with Crippen LogP contribution in [0, 0.1) is 23.2 Å². The van der Waals surface area contributed by atoms with Gasteiger partial charge in [0.2, 0.25) is 0 Å². The van der Waals surface area contributed by atoms with Gasteiger partial charge in [0.05, 0.1) is 12.7 Å². The van der Waals surface area contributed by atoms with Crippen LogP contribution in [-0.2, 0) is 9.53 Å². The van der Waals surface area contributed by atoms with Gasteiger partial charge in [-0.3, -0.25) is 0 Å². The lowest BCUT2D eigenvalue weighted by molar-refractivity contribution is -0.133. The molecule has 0 amide bonds. The van der Waals surface area contributed by atoms with Crippen molar-refractivity contribution < 1.29 is 9.53 Å². The first-order valence-electron chi connectivity index (χ1n) is 4.07. The molecule has 0 spiro atoms. The number of benzene rings is 1. The van der Waals surface area contributed by atoms with Crippen molar-refractivity contribution in [3.05, 3.63) is 29.3 Å². The van der Waals surface area contributed by atoms with E-state index >= 15 is 0 Å². The summed E-state index contributed by atoms with van der Waals surface area (Å²) in [5, 5.41) is 8.76. The maximum atomic E-state index is 10.8. The van der Waals surface area contributed by atoms with Gasteiger partial charge in [0.25, 0.3) is 0 Å². The smallest absolute Gasteiger partial charge is 0.384 e. The summed E-state index contributed by atoms with van der Waals surface area (Å²) >= 11 is 0. The number of carbonyl (C=O) groups is 1. The van der Waals surface area contributed by atoms with Crippen LogP contribution in [-0.4, -0.2) is 13.1 Å². The number of methoxy groups -OCH3 is 1. The minimum Gasteiger partial charge on any atom is -0.459 e.